The van der Waals surface area contributed by atoms with Crippen LogP contribution in [0, 0.1) is 5.82 Å². The minimum absolute atomic E-state index is 0.408. The van der Waals surface area contributed by atoms with E-state index in [0.29, 0.717) is 0 Å². The highest BCUT2D eigenvalue weighted by molar-refractivity contribution is 5.35. The number of benzene rings is 1. The molecule has 4 nitrogen and oxygen atoms in total. The van der Waals surface area contributed by atoms with Crippen LogP contribution in [0.25, 0.3) is 0 Å². The van der Waals surface area contributed by atoms with Gasteiger partial charge in [-0.1, -0.05) is 6.07 Å². The zero-order valence-corrected chi connectivity index (χ0v) is 7.26. The lowest BCUT2D eigenvalue weighted by Gasteiger charge is -2.17. The van der Waals surface area contributed by atoms with E-state index in [1.165, 1.54) is 12.1 Å². The summed E-state index contributed by atoms with van der Waals surface area (Å²) in [5, 5.41) is 36.1. The maximum atomic E-state index is 13.1. The lowest BCUT2D eigenvalue weighted by Crippen LogP contribution is -2.23. The smallest absolute Gasteiger partial charge is 0.132 e. The van der Waals surface area contributed by atoms with Crippen molar-refractivity contribution < 1.29 is 24.8 Å². The van der Waals surface area contributed by atoms with Gasteiger partial charge in [0.15, 0.2) is 0 Å². The first kappa shape index (κ1) is 10.9. The molecule has 0 fully saturated rings. The quantitative estimate of drug-likeness (QED) is 0.552. The van der Waals surface area contributed by atoms with Gasteiger partial charge in [0.25, 0.3) is 0 Å². The van der Waals surface area contributed by atoms with E-state index >= 15 is 0 Å². The summed E-state index contributed by atoms with van der Waals surface area (Å²) in [7, 11) is 0. The highest BCUT2D eigenvalue weighted by Crippen LogP contribution is 2.28. The molecule has 0 heterocycles. The van der Waals surface area contributed by atoms with Gasteiger partial charge in [-0.2, -0.15) is 0 Å². The van der Waals surface area contributed by atoms with Crippen LogP contribution in [0.3, 0.4) is 0 Å². The molecule has 1 aromatic rings. The molecule has 1 rings (SSSR count). The van der Waals surface area contributed by atoms with E-state index in [4.69, 9.17) is 10.2 Å². The summed E-state index contributed by atoms with van der Waals surface area (Å²) >= 11 is 0. The van der Waals surface area contributed by atoms with Crippen molar-refractivity contribution in [3.05, 3.63) is 29.6 Å². The van der Waals surface area contributed by atoms with Crippen LogP contribution < -0.4 is 0 Å². The third kappa shape index (κ3) is 2.01. The van der Waals surface area contributed by atoms with E-state index in [1.807, 2.05) is 0 Å². The number of hydrogen-bond donors (Lipinski definition) is 4. The van der Waals surface area contributed by atoms with Crippen molar-refractivity contribution in [2.24, 2.45) is 0 Å². The van der Waals surface area contributed by atoms with Gasteiger partial charge in [-0.25, -0.2) is 4.39 Å². The van der Waals surface area contributed by atoms with Crippen molar-refractivity contribution in [2.45, 2.75) is 12.2 Å². The molecule has 0 saturated carbocycles. The average molecular weight is 202 g/mol. The Kier molecular flexibility index (Phi) is 3.40. The molecule has 0 spiro atoms. The fourth-order valence-electron chi connectivity index (χ4n) is 1.11. The van der Waals surface area contributed by atoms with Crippen molar-refractivity contribution in [1.82, 2.24) is 0 Å². The molecular formula is C9H11FO4. The molecule has 1 aromatic carbocycles. The minimum Gasteiger partial charge on any atom is -0.507 e. The third-order valence-corrected chi connectivity index (χ3v) is 1.88. The van der Waals surface area contributed by atoms with Gasteiger partial charge < -0.3 is 20.4 Å². The van der Waals surface area contributed by atoms with Crippen molar-refractivity contribution in [2.75, 3.05) is 6.61 Å². The monoisotopic (exact) mass is 202 g/mol. The molecule has 0 aromatic heterocycles. The molecular weight excluding hydrogens is 191 g/mol. The van der Waals surface area contributed by atoms with E-state index < -0.39 is 35.9 Å². The zero-order valence-electron chi connectivity index (χ0n) is 7.26. The Morgan fingerprint density at radius 2 is 1.93 bits per heavy atom. The summed E-state index contributed by atoms with van der Waals surface area (Å²) in [5.41, 5.74) is -0.408. The third-order valence-electron chi connectivity index (χ3n) is 1.88. The predicted octanol–water partition coefficient (Wildman–Crippen LogP) is -0.0821. The first-order valence-corrected chi connectivity index (χ1v) is 4.02. The van der Waals surface area contributed by atoms with Gasteiger partial charge in [0.2, 0.25) is 0 Å². The first-order valence-electron chi connectivity index (χ1n) is 4.02. The molecule has 0 aliphatic carbocycles. The Labute approximate surface area is 79.9 Å². The Morgan fingerprint density at radius 1 is 1.29 bits per heavy atom. The summed E-state index contributed by atoms with van der Waals surface area (Å²) in [6.07, 6.45) is -3.15. The van der Waals surface area contributed by atoms with E-state index in [2.05, 4.69) is 0 Å². The summed E-state index contributed by atoms with van der Waals surface area (Å²) in [5.74, 6) is -1.28. The van der Waals surface area contributed by atoms with Crippen molar-refractivity contribution >= 4 is 0 Å². The van der Waals surface area contributed by atoms with Crippen LogP contribution in [-0.4, -0.2) is 33.1 Å². The SMILES string of the molecule is OCC(O)C(O)c1c(O)cccc1F. The van der Waals surface area contributed by atoms with Crippen molar-refractivity contribution in [1.29, 1.82) is 0 Å². The normalized spacial score (nSPS) is 15.1. The maximum absolute atomic E-state index is 13.1. The van der Waals surface area contributed by atoms with E-state index in [1.54, 1.807) is 0 Å². The topological polar surface area (TPSA) is 80.9 Å². The van der Waals surface area contributed by atoms with Crippen molar-refractivity contribution in [3.63, 3.8) is 0 Å². The number of aliphatic hydroxyl groups excluding tert-OH is 3. The predicted molar refractivity (Wildman–Crippen MR) is 46.1 cm³/mol. The number of phenolic OH excluding ortho intramolecular Hbond substituents is 1. The molecule has 0 amide bonds. The van der Waals surface area contributed by atoms with Crippen molar-refractivity contribution in [3.8, 4) is 5.75 Å². The molecule has 4 N–H and O–H groups in total. The van der Waals surface area contributed by atoms with Gasteiger partial charge in [-0.3, -0.25) is 0 Å². The maximum Gasteiger partial charge on any atom is 0.132 e. The highest BCUT2D eigenvalue weighted by atomic mass is 19.1. The molecule has 0 saturated heterocycles. The largest absolute Gasteiger partial charge is 0.507 e. The second-order valence-electron chi connectivity index (χ2n) is 2.87. The molecule has 0 radical (unpaired) electrons. The molecule has 0 bridgehead atoms. The Morgan fingerprint density at radius 3 is 2.43 bits per heavy atom. The number of phenols is 1. The summed E-state index contributed by atoms with van der Waals surface area (Å²) < 4.78 is 13.1. The molecule has 0 aliphatic rings. The molecule has 14 heavy (non-hydrogen) atoms. The highest BCUT2D eigenvalue weighted by Gasteiger charge is 2.23. The Hall–Kier alpha value is -1.17. The fraction of sp³-hybridized carbons (Fsp3) is 0.333. The van der Waals surface area contributed by atoms with Crippen LogP contribution >= 0.6 is 0 Å². The van der Waals surface area contributed by atoms with E-state index in [9.17, 15) is 14.6 Å². The second-order valence-corrected chi connectivity index (χ2v) is 2.87. The average Bonchev–Trinajstić information content (AvgIpc) is 2.16. The van der Waals surface area contributed by atoms with Gasteiger partial charge in [0, 0.05) is 0 Å². The van der Waals surface area contributed by atoms with Gasteiger partial charge in [0.05, 0.1) is 12.2 Å². The van der Waals surface area contributed by atoms with Crippen LogP contribution in [0.5, 0.6) is 5.75 Å². The molecule has 0 aliphatic heterocycles. The van der Waals surface area contributed by atoms with E-state index in [-0.39, 0.29) is 0 Å². The van der Waals surface area contributed by atoms with Crippen LogP contribution in [0.2, 0.25) is 0 Å². The lowest BCUT2D eigenvalue weighted by atomic mass is 10.0. The number of aromatic hydroxyl groups is 1. The van der Waals surface area contributed by atoms with Crippen LogP contribution in [0.4, 0.5) is 4.39 Å². The second kappa shape index (κ2) is 4.36. The number of hydrogen-bond acceptors (Lipinski definition) is 4. The molecule has 78 valence electrons. The lowest BCUT2D eigenvalue weighted by molar-refractivity contribution is -0.0178. The minimum atomic E-state index is -1.64. The van der Waals surface area contributed by atoms with Crippen LogP contribution in [0.15, 0.2) is 18.2 Å². The summed E-state index contributed by atoms with van der Waals surface area (Å²) in [4.78, 5) is 0. The Balaban J connectivity index is 3.05. The van der Waals surface area contributed by atoms with E-state index in [0.717, 1.165) is 6.07 Å². The number of aliphatic hydroxyl groups is 3. The molecule has 2 unspecified atom stereocenters. The summed E-state index contributed by atoms with van der Waals surface area (Å²) in [6.45, 7) is -0.713. The standard InChI is InChI=1S/C9H11FO4/c10-5-2-1-3-6(12)8(5)9(14)7(13)4-11/h1-3,7,9,11-14H,4H2. The van der Waals surface area contributed by atoms with Crippen LogP contribution in [0.1, 0.15) is 11.7 Å². The zero-order chi connectivity index (χ0) is 10.7. The van der Waals surface area contributed by atoms with Gasteiger partial charge in [-0.05, 0) is 12.1 Å². The molecule has 2 atom stereocenters. The first-order chi connectivity index (χ1) is 6.57. The van der Waals surface area contributed by atoms with Gasteiger partial charge >= 0.3 is 0 Å². The molecule has 5 heteroatoms. The van der Waals surface area contributed by atoms with Gasteiger partial charge in [-0.15, -0.1) is 0 Å². The summed E-state index contributed by atoms with van der Waals surface area (Å²) in [6, 6.07) is 3.50. The number of rotatable bonds is 3. The number of halogens is 1. The van der Waals surface area contributed by atoms with Crippen LogP contribution in [-0.2, 0) is 0 Å². The fourth-order valence-corrected chi connectivity index (χ4v) is 1.11. The Bertz CT molecular complexity index is 295. The van der Waals surface area contributed by atoms with Gasteiger partial charge in [0.1, 0.15) is 23.8 Å².